The molecule has 1 aliphatic carbocycles. The van der Waals surface area contributed by atoms with Gasteiger partial charge in [0, 0.05) is 12.1 Å². The SMILES string of the molecule is CNC1CCC(C(c2ccc(F)cc2)N(C)C)CC1. The Balaban J connectivity index is 2.10. The molecule has 2 nitrogen and oxygen atoms in total. The minimum atomic E-state index is -0.153. The molecule has 19 heavy (non-hydrogen) atoms. The summed E-state index contributed by atoms with van der Waals surface area (Å²) in [6.45, 7) is 0. The van der Waals surface area contributed by atoms with Crippen LogP contribution < -0.4 is 5.32 Å². The summed E-state index contributed by atoms with van der Waals surface area (Å²) < 4.78 is 13.1. The first kappa shape index (κ1) is 14.5. The van der Waals surface area contributed by atoms with E-state index in [1.54, 1.807) is 12.1 Å². The van der Waals surface area contributed by atoms with Crippen molar-refractivity contribution < 1.29 is 4.39 Å². The van der Waals surface area contributed by atoms with Crippen molar-refractivity contribution in [3.63, 3.8) is 0 Å². The topological polar surface area (TPSA) is 15.3 Å². The van der Waals surface area contributed by atoms with Crippen molar-refractivity contribution in [1.82, 2.24) is 10.2 Å². The summed E-state index contributed by atoms with van der Waals surface area (Å²) in [6, 6.07) is 8.09. The summed E-state index contributed by atoms with van der Waals surface area (Å²) in [5, 5.41) is 3.38. The third kappa shape index (κ3) is 3.54. The molecule has 1 aromatic rings. The van der Waals surface area contributed by atoms with E-state index in [0.717, 1.165) is 0 Å². The predicted molar refractivity (Wildman–Crippen MR) is 77.6 cm³/mol. The minimum absolute atomic E-state index is 0.153. The van der Waals surface area contributed by atoms with Crippen molar-refractivity contribution in [3.05, 3.63) is 35.6 Å². The van der Waals surface area contributed by atoms with Gasteiger partial charge in [-0.3, -0.25) is 0 Å². The van der Waals surface area contributed by atoms with Crippen LogP contribution in [0.2, 0.25) is 0 Å². The standard InChI is InChI=1S/C16H25FN2/c1-18-15-10-6-13(7-11-15)16(19(2)3)12-4-8-14(17)9-5-12/h4-5,8-9,13,15-16,18H,6-7,10-11H2,1-3H3. The van der Waals surface area contributed by atoms with Gasteiger partial charge in [-0.1, -0.05) is 12.1 Å². The highest BCUT2D eigenvalue weighted by atomic mass is 19.1. The minimum Gasteiger partial charge on any atom is -0.317 e. The molecule has 1 aliphatic rings. The summed E-state index contributed by atoms with van der Waals surface area (Å²) in [4.78, 5) is 2.28. The zero-order valence-corrected chi connectivity index (χ0v) is 12.2. The number of rotatable bonds is 4. The molecule has 0 bridgehead atoms. The average Bonchev–Trinajstić information content (AvgIpc) is 2.42. The van der Waals surface area contributed by atoms with Gasteiger partial charge in [0.15, 0.2) is 0 Å². The maximum Gasteiger partial charge on any atom is 0.123 e. The lowest BCUT2D eigenvalue weighted by molar-refractivity contribution is 0.159. The molecular formula is C16H25FN2. The highest BCUT2D eigenvalue weighted by Gasteiger charge is 2.29. The average molecular weight is 264 g/mol. The lowest BCUT2D eigenvalue weighted by Crippen LogP contribution is -2.35. The summed E-state index contributed by atoms with van der Waals surface area (Å²) >= 11 is 0. The molecule has 1 unspecified atom stereocenters. The van der Waals surface area contributed by atoms with Crippen LogP contribution in [0.1, 0.15) is 37.3 Å². The van der Waals surface area contributed by atoms with E-state index in [0.29, 0.717) is 18.0 Å². The molecular weight excluding hydrogens is 239 g/mol. The largest absolute Gasteiger partial charge is 0.317 e. The highest BCUT2D eigenvalue weighted by Crippen LogP contribution is 2.37. The van der Waals surface area contributed by atoms with E-state index in [-0.39, 0.29) is 5.82 Å². The first-order valence-electron chi connectivity index (χ1n) is 7.21. The lowest BCUT2D eigenvalue weighted by Gasteiger charge is -2.37. The highest BCUT2D eigenvalue weighted by molar-refractivity contribution is 5.21. The number of halogens is 1. The lowest BCUT2D eigenvalue weighted by atomic mass is 9.79. The molecule has 0 amide bonds. The fraction of sp³-hybridized carbons (Fsp3) is 0.625. The van der Waals surface area contributed by atoms with Crippen molar-refractivity contribution in [1.29, 1.82) is 0 Å². The Morgan fingerprint density at radius 2 is 1.68 bits per heavy atom. The van der Waals surface area contributed by atoms with Crippen LogP contribution in [0.5, 0.6) is 0 Å². The number of hydrogen-bond donors (Lipinski definition) is 1. The Morgan fingerprint density at radius 1 is 1.11 bits per heavy atom. The second-order valence-electron chi connectivity index (χ2n) is 5.86. The van der Waals surface area contributed by atoms with Crippen LogP contribution in [0.25, 0.3) is 0 Å². The number of benzene rings is 1. The van der Waals surface area contributed by atoms with Gasteiger partial charge >= 0.3 is 0 Å². The van der Waals surface area contributed by atoms with Crippen LogP contribution in [0.15, 0.2) is 24.3 Å². The van der Waals surface area contributed by atoms with E-state index >= 15 is 0 Å². The van der Waals surface area contributed by atoms with Crippen molar-refractivity contribution in [2.45, 2.75) is 37.8 Å². The Labute approximate surface area is 116 Å². The number of nitrogens with one attached hydrogen (secondary N) is 1. The van der Waals surface area contributed by atoms with Crippen LogP contribution in [0.4, 0.5) is 4.39 Å². The van der Waals surface area contributed by atoms with E-state index < -0.39 is 0 Å². The maximum absolute atomic E-state index is 13.1. The van der Waals surface area contributed by atoms with Crippen molar-refractivity contribution in [2.75, 3.05) is 21.1 Å². The summed E-state index contributed by atoms with van der Waals surface area (Å²) in [5.74, 6) is 0.519. The molecule has 0 heterocycles. The zero-order valence-electron chi connectivity index (χ0n) is 12.2. The molecule has 0 spiro atoms. The molecule has 106 valence electrons. The molecule has 0 saturated heterocycles. The molecule has 1 saturated carbocycles. The normalized spacial score (nSPS) is 25.5. The third-order valence-corrected chi connectivity index (χ3v) is 4.39. The van der Waals surface area contributed by atoms with Gasteiger partial charge in [-0.25, -0.2) is 4.39 Å². The molecule has 1 aromatic carbocycles. The Hall–Kier alpha value is -0.930. The first-order valence-corrected chi connectivity index (χ1v) is 7.21. The molecule has 3 heteroatoms. The van der Waals surface area contributed by atoms with Gasteiger partial charge in [0.25, 0.3) is 0 Å². The third-order valence-electron chi connectivity index (χ3n) is 4.39. The summed E-state index contributed by atoms with van der Waals surface area (Å²) in [7, 11) is 6.30. The van der Waals surface area contributed by atoms with E-state index in [1.807, 2.05) is 19.2 Å². The van der Waals surface area contributed by atoms with Crippen LogP contribution in [0, 0.1) is 11.7 Å². The molecule has 0 radical (unpaired) electrons. The number of nitrogens with zero attached hydrogens (tertiary/aromatic N) is 1. The molecule has 1 N–H and O–H groups in total. The fourth-order valence-corrected chi connectivity index (χ4v) is 3.38. The quantitative estimate of drug-likeness (QED) is 0.898. The van der Waals surface area contributed by atoms with Gasteiger partial charge in [0.2, 0.25) is 0 Å². The van der Waals surface area contributed by atoms with Crippen LogP contribution >= 0.6 is 0 Å². The van der Waals surface area contributed by atoms with Crippen molar-refractivity contribution in [3.8, 4) is 0 Å². The van der Waals surface area contributed by atoms with Gasteiger partial charge in [-0.2, -0.15) is 0 Å². The smallest absolute Gasteiger partial charge is 0.123 e. The van der Waals surface area contributed by atoms with Crippen molar-refractivity contribution >= 4 is 0 Å². The second kappa shape index (κ2) is 6.49. The van der Waals surface area contributed by atoms with Gasteiger partial charge in [0.05, 0.1) is 0 Å². The zero-order chi connectivity index (χ0) is 13.8. The van der Waals surface area contributed by atoms with Crippen LogP contribution in [-0.2, 0) is 0 Å². The molecule has 0 aromatic heterocycles. The van der Waals surface area contributed by atoms with E-state index in [4.69, 9.17) is 0 Å². The summed E-state index contributed by atoms with van der Waals surface area (Å²) in [5.41, 5.74) is 1.24. The fourth-order valence-electron chi connectivity index (χ4n) is 3.38. The molecule has 1 fully saturated rings. The van der Waals surface area contributed by atoms with Gasteiger partial charge in [-0.15, -0.1) is 0 Å². The first-order chi connectivity index (χ1) is 9.11. The maximum atomic E-state index is 13.1. The van der Waals surface area contributed by atoms with Gasteiger partial charge in [0.1, 0.15) is 5.82 Å². The Bertz CT molecular complexity index is 380. The van der Waals surface area contributed by atoms with E-state index in [2.05, 4.69) is 24.3 Å². The predicted octanol–water partition coefficient (Wildman–Crippen LogP) is 3.21. The van der Waals surface area contributed by atoms with Gasteiger partial charge in [-0.05, 0) is 70.4 Å². The second-order valence-corrected chi connectivity index (χ2v) is 5.86. The Morgan fingerprint density at radius 3 is 2.16 bits per heavy atom. The molecule has 0 aliphatic heterocycles. The summed E-state index contributed by atoms with van der Waals surface area (Å²) in [6.07, 6.45) is 4.97. The van der Waals surface area contributed by atoms with Gasteiger partial charge < -0.3 is 10.2 Å². The van der Waals surface area contributed by atoms with E-state index in [9.17, 15) is 4.39 Å². The molecule has 1 atom stereocenters. The Kier molecular flexibility index (Phi) is 4.94. The number of hydrogen-bond acceptors (Lipinski definition) is 2. The van der Waals surface area contributed by atoms with Crippen molar-refractivity contribution in [2.24, 2.45) is 5.92 Å². The van der Waals surface area contributed by atoms with Crippen LogP contribution in [-0.4, -0.2) is 32.1 Å². The van der Waals surface area contributed by atoms with E-state index in [1.165, 1.54) is 31.2 Å². The van der Waals surface area contributed by atoms with Crippen LogP contribution in [0.3, 0.4) is 0 Å². The monoisotopic (exact) mass is 264 g/mol. The molecule has 2 rings (SSSR count).